The molecule has 0 aliphatic heterocycles. The monoisotopic (exact) mass is 277 g/mol. The minimum atomic E-state index is 0.270. The van der Waals surface area contributed by atoms with Gasteiger partial charge in [0.2, 0.25) is 0 Å². The first-order valence-electron chi connectivity index (χ1n) is 7.48. The molecule has 2 N–H and O–H groups in total. The summed E-state index contributed by atoms with van der Waals surface area (Å²) in [6, 6.07) is 0.270. The Morgan fingerprint density at radius 1 is 1.37 bits per heavy atom. The zero-order valence-corrected chi connectivity index (χ0v) is 12.2. The lowest BCUT2D eigenvalue weighted by Gasteiger charge is -2.22. The number of nitrogens with two attached hydrogens (primary N) is 1. The lowest BCUT2D eigenvalue weighted by atomic mass is 9.85. The molecule has 2 aromatic rings. The number of nitrogens with zero attached hydrogens (tertiary/aromatic N) is 2. The Kier molecular flexibility index (Phi) is 4.18. The van der Waals surface area contributed by atoms with Crippen molar-refractivity contribution in [1.29, 1.82) is 0 Å². The Labute approximate surface area is 118 Å². The smallest absolute Gasteiger partial charge is 0.193 e. The molecule has 0 aromatic carbocycles. The second-order valence-electron chi connectivity index (χ2n) is 5.87. The van der Waals surface area contributed by atoms with E-state index in [9.17, 15) is 0 Å². The van der Waals surface area contributed by atoms with Gasteiger partial charge in [0, 0.05) is 30.2 Å². The zero-order chi connectivity index (χ0) is 13.1. The lowest BCUT2D eigenvalue weighted by Crippen LogP contribution is -2.24. The molecule has 1 fully saturated rings. The molecular weight excluding hydrogens is 254 g/mol. The second kappa shape index (κ2) is 6.06. The van der Waals surface area contributed by atoms with Crippen LogP contribution in [-0.4, -0.2) is 15.4 Å². The molecule has 0 radical (unpaired) electrons. The fraction of sp³-hybridized carbons (Fsp3) is 0.667. The van der Waals surface area contributed by atoms with Crippen LogP contribution in [0.4, 0.5) is 0 Å². The topological polar surface area (TPSA) is 43.3 Å². The van der Waals surface area contributed by atoms with Crippen molar-refractivity contribution in [2.75, 3.05) is 0 Å². The molecule has 0 spiro atoms. The van der Waals surface area contributed by atoms with Crippen LogP contribution in [0.5, 0.6) is 0 Å². The molecule has 0 bridgehead atoms. The maximum Gasteiger partial charge on any atom is 0.193 e. The highest BCUT2D eigenvalue weighted by Crippen LogP contribution is 2.27. The zero-order valence-electron chi connectivity index (χ0n) is 11.4. The molecule has 3 rings (SSSR count). The predicted molar refractivity (Wildman–Crippen MR) is 80.6 cm³/mol. The van der Waals surface area contributed by atoms with Crippen molar-refractivity contribution in [3.8, 4) is 0 Å². The Bertz CT molecular complexity index is 482. The van der Waals surface area contributed by atoms with Crippen molar-refractivity contribution in [3.63, 3.8) is 0 Å². The molecule has 2 heterocycles. The highest BCUT2D eigenvalue weighted by Gasteiger charge is 2.15. The minimum Gasteiger partial charge on any atom is -0.327 e. The number of hydrogen-bond acceptors (Lipinski definition) is 3. The molecule has 1 aliphatic carbocycles. The SMILES string of the molecule is NC(CCC1CCCCC1)Cc1cn2ccsc2n1. The average Bonchev–Trinajstić information content (AvgIpc) is 2.98. The van der Waals surface area contributed by atoms with Crippen LogP contribution in [-0.2, 0) is 6.42 Å². The number of thiazole rings is 1. The molecule has 0 saturated heterocycles. The highest BCUT2D eigenvalue weighted by molar-refractivity contribution is 7.15. The van der Waals surface area contributed by atoms with Crippen molar-refractivity contribution in [2.24, 2.45) is 11.7 Å². The van der Waals surface area contributed by atoms with Gasteiger partial charge in [-0.2, -0.15) is 0 Å². The van der Waals surface area contributed by atoms with E-state index in [-0.39, 0.29) is 6.04 Å². The first-order valence-corrected chi connectivity index (χ1v) is 8.36. The Morgan fingerprint density at radius 3 is 3.00 bits per heavy atom. The number of fused-ring (bicyclic) bond motifs is 1. The van der Waals surface area contributed by atoms with E-state index in [1.807, 2.05) is 0 Å². The Balaban J connectivity index is 1.47. The molecule has 4 heteroatoms. The van der Waals surface area contributed by atoms with Crippen molar-refractivity contribution < 1.29 is 0 Å². The maximum absolute atomic E-state index is 6.27. The van der Waals surface area contributed by atoms with E-state index in [1.165, 1.54) is 38.5 Å². The van der Waals surface area contributed by atoms with Gasteiger partial charge in [0.1, 0.15) is 0 Å². The molecule has 104 valence electrons. The minimum absolute atomic E-state index is 0.270. The molecule has 3 nitrogen and oxygen atoms in total. The van der Waals surface area contributed by atoms with Crippen LogP contribution in [0.25, 0.3) is 4.96 Å². The average molecular weight is 277 g/mol. The summed E-state index contributed by atoms with van der Waals surface area (Å²) in [6.45, 7) is 0. The van der Waals surface area contributed by atoms with Gasteiger partial charge in [-0.1, -0.05) is 32.1 Å². The summed E-state index contributed by atoms with van der Waals surface area (Å²) in [5.74, 6) is 0.935. The fourth-order valence-corrected chi connectivity index (χ4v) is 3.89. The number of hydrogen-bond donors (Lipinski definition) is 1. The van der Waals surface area contributed by atoms with Crippen molar-refractivity contribution >= 4 is 16.3 Å². The lowest BCUT2D eigenvalue weighted by molar-refractivity contribution is 0.322. The Hall–Kier alpha value is -0.870. The molecule has 1 saturated carbocycles. The third kappa shape index (κ3) is 3.37. The third-order valence-corrected chi connectivity index (χ3v) is 5.06. The molecule has 1 unspecified atom stereocenters. The first kappa shape index (κ1) is 13.1. The summed E-state index contributed by atoms with van der Waals surface area (Å²) >= 11 is 1.68. The second-order valence-corrected chi connectivity index (χ2v) is 6.74. The van der Waals surface area contributed by atoms with E-state index in [2.05, 4.69) is 27.2 Å². The standard InChI is InChI=1S/C15H23N3S/c16-13(7-6-12-4-2-1-3-5-12)10-14-11-18-8-9-19-15(18)17-14/h8-9,11-13H,1-7,10,16H2. The van der Waals surface area contributed by atoms with E-state index in [4.69, 9.17) is 5.73 Å². The van der Waals surface area contributed by atoms with E-state index in [0.29, 0.717) is 0 Å². The third-order valence-electron chi connectivity index (χ3n) is 4.28. The molecule has 2 aromatic heterocycles. The predicted octanol–water partition coefficient (Wildman–Crippen LogP) is 3.63. The van der Waals surface area contributed by atoms with Crippen LogP contribution in [0.15, 0.2) is 17.8 Å². The van der Waals surface area contributed by atoms with Gasteiger partial charge in [0.25, 0.3) is 0 Å². The van der Waals surface area contributed by atoms with Crippen molar-refractivity contribution in [1.82, 2.24) is 9.38 Å². The molecule has 0 amide bonds. The quantitative estimate of drug-likeness (QED) is 0.907. The summed E-state index contributed by atoms with van der Waals surface area (Å²) < 4.78 is 2.09. The van der Waals surface area contributed by atoms with Crippen LogP contribution in [0.2, 0.25) is 0 Å². The summed E-state index contributed by atoms with van der Waals surface area (Å²) in [7, 11) is 0. The van der Waals surface area contributed by atoms with Gasteiger partial charge in [-0.3, -0.25) is 4.40 Å². The first-order chi connectivity index (χ1) is 9.31. The van der Waals surface area contributed by atoms with E-state index >= 15 is 0 Å². The van der Waals surface area contributed by atoms with Gasteiger partial charge in [0.15, 0.2) is 4.96 Å². The van der Waals surface area contributed by atoms with Gasteiger partial charge in [-0.15, -0.1) is 11.3 Å². The Morgan fingerprint density at radius 2 is 2.21 bits per heavy atom. The number of rotatable bonds is 5. The van der Waals surface area contributed by atoms with E-state index in [1.54, 1.807) is 11.3 Å². The van der Waals surface area contributed by atoms with Crippen LogP contribution in [0.1, 0.15) is 50.6 Å². The highest BCUT2D eigenvalue weighted by atomic mass is 32.1. The van der Waals surface area contributed by atoms with Gasteiger partial charge in [-0.25, -0.2) is 4.98 Å². The van der Waals surface area contributed by atoms with Crippen LogP contribution < -0.4 is 5.73 Å². The van der Waals surface area contributed by atoms with Crippen molar-refractivity contribution in [3.05, 3.63) is 23.5 Å². The molecule has 1 atom stereocenters. The largest absolute Gasteiger partial charge is 0.327 e. The van der Waals surface area contributed by atoms with Gasteiger partial charge < -0.3 is 5.73 Å². The summed E-state index contributed by atoms with van der Waals surface area (Å²) in [6.07, 6.45) is 14.7. The van der Waals surface area contributed by atoms with Crippen LogP contribution in [0.3, 0.4) is 0 Å². The van der Waals surface area contributed by atoms with Crippen LogP contribution >= 0.6 is 11.3 Å². The van der Waals surface area contributed by atoms with Crippen molar-refractivity contribution in [2.45, 2.75) is 57.4 Å². The van der Waals surface area contributed by atoms with Gasteiger partial charge in [0.05, 0.1) is 5.69 Å². The molecule has 19 heavy (non-hydrogen) atoms. The number of imidazole rings is 1. The van der Waals surface area contributed by atoms with Gasteiger partial charge >= 0.3 is 0 Å². The molecule has 1 aliphatic rings. The maximum atomic E-state index is 6.27. The number of aromatic nitrogens is 2. The van der Waals surface area contributed by atoms with Crippen LogP contribution in [0, 0.1) is 5.92 Å². The summed E-state index contributed by atoms with van der Waals surface area (Å²) in [5, 5.41) is 2.06. The van der Waals surface area contributed by atoms with E-state index in [0.717, 1.165) is 29.4 Å². The summed E-state index contributed by atoms with van der Waals surface area (Å²) in [5.41, 5.74) is 7.41. The fourth-order valence-electron chi connectivity index (χ4n) is 3.17. The normalized spacial score (nSPS) is 19.0. The summed E-state index contributed by atoms with van der Waals surface area (Å²) in [4.78, 5) is 5.69. The van der Waals surface area contributed by atoms with Gasteiger partial charge in [-0.05, 0) is 18.8 Å². The van der Waals surface area contributed by atoms with E-state index < -0.39 is 0 Å². The molecular formula is C15H23N3S.